The fourth-order valence-corrected chi connectivity index (χ4v) is 4.31. The van der Waals surface area contributed by atoms with E-state index in [0.29, 0.717) is 13.1 Å². The number of hydrogen-bond donors (Lipinski definition) is 1. The average Bonchev–Trinajstić information content (AvgIpc) is 3.04. The van der Waals surface area contributed by atoms with Gasteiger partial charge >= 0.3 is 6.03 Å². The van der Waals surface area contributed by atoms with Gasteiger partial charge in [0.25, 0.3) is 0 Å². The van der Waals surface area contributed by atoms with Crippen molar-refractivity contribution in [3.05, 3.63) is 70.6 Å². The smallest absolute Gasteiger partial charge is 0.317 e. The van der Waals surface area contributed by atoms with Crippen LogP contribution in [-0.2, 0) is 19.4 Å². The third kappa shape index (κ3) is 3.02. The molecule has 0 spiro atoms. The predicted octanol–water partition coefficient (Wildman–Crippen LogP) is 4.21. The number of rotatable bonds is 3. The predicted molar refractivity (Wildman–Crippen MR) is 99.5 cm³/mol. The minimum Gasteiger partial charge on any atom is -0.338 e. The van der Waals surface area contributed by atoms with E-state index in [-0.39, 0.29) is 6.03 Å². The summed E-state index contributed by atoms with van der Waals surface area (Å²) >= 11 is 1.77. The van der Waals surface area contributed by atoms with Crippen molar-refractivity contribution in [2.75, 3.05) is 13.1 Å². The van der Waals surface area contributed by atoms with E-state index in [9.17, 15) is 4.79 Å². The molecular weight excluding hydrogens is 316 g/mol. The first-order valence-electron chi connectivity index (χ1n) is 8.36. The molecule has 2 amide bonds. The molecule has 0 unspecified atom stereocenters. The summed E-state index contributed by atoms with van der Waals surface area (Å²) in [5.74, 6) is 0. The topological polar surface area (TPSA) is 32.3 Å². The van der Waals surface area contributed by atoms with Gasteiger partial charge in [-0.15, -0.1) is 11.3 Å². The summed E-state index contributed by atoms with van der Waals surface area (Å²) in [6.45, 7) is 2.19. The molecule has 0 atom stereocenters. The Morgan fingerprint density at radius 1 is 1.08 bits per heavy atom. The molecule has 1 aromatic heterocycles. The molecule has 4 rings (SSSR count). The number of thiophene rings is 1. The summed E-state index contributed by atoms with van der Waals surface area (Å²) in [5.41, 5.74) is 3.95. The summed E-state index contributed by atoms with van der Waals surface area (Å²) in [6, 6.07) is 16.9. The van der Waals surface area contributed by atoms with Gasteiger partial charge in [0, 0.05) is 24.3 Å². The minimum absolute atomic E-state index is 0.0454. The normalized spacial score (nSPS) is 13.8. The first-order chi connectivity index (χ1) is 11.8. The Labute approximate surface area is 145 Å². The molecule has 122 valence electrons. The zero-order valence-corrected chi connectivity index (χ0v) is 14.3. The van der Waals surface area contributed by atoms with E-state index in [4.69, 9.17) is 0 Å². The first kappa shape index (κ1) is 15.2. The van der Waals surface area contributed by atoms with Crippen LogP contribution in [-0.4, -0.2) is 24.0 Å². The highest BCUT2D eigenvalue weighted by Crippen LogP contribution is 2.25. The molecule has 3 nitrogen and oxygen atoms in total. The van der Waals surface area contributed by atoms with E-state index >= 15 is 0 Å². The lowest BCUT2D eigenvalue weighted by Gasteiger charge is -2.29. The lowest BCUT2D eigenvalue weighted by atomic mass is 10.0. The number of benzene rings is 2. The van der Waals surface area contributed by atoms with Gasteiger partial charge in [0.2, 0.25) is 0 Å². The highest BCUT2D eigenvalue weighted by molar-refractivity contribution is 7.17. The molecular formula is C20H20N2OS. The molecule has 1 N–H and O–H groups in total. The summed E-state index contributed by atoms with van der Waals surface area (Å²) in [4.78, 5) is 14.3. The van der Waals surface area contributed by atoms with Gasteiger partial charge < -0.3 is 10.2 Å². The second-order valence-corrected chi connectivity index (χ2v) is 7.09. The van der Waals surface area contributed by atoms with E-state index in [1.165, 1.54) is 26.8 Å². The maximum Gasteiger partial charge on any atom is 0.317 e. The van der Waals surface area contributed by atoms with E-state index < -0.39 is 0 Å². The van der Waals surface area contributed by atoms with E-state index in [0.717, 1.165) is 19.4 Å². The molecule has 0 fully saturated rings. The second kappa shape index (κ2) is 6.65. The van der Waals surface area contributed by atoms with Gasteiger partial charge in [0.05, 0.1) is 0 Å². The van der Waals surface area contributed by atoms with Crippen molar-refractivity contribution in [2.45, 2.75) is 19.4 Å². The van der Waals surface area contributed by atoms with Crippen LogP contribution in [0.5, 0.6) is 0 Å². The quantitative estimate of drug-likeness (QED) is 0.763. The SMILES string of the molecule is O=C(NCCc1csc2ccccc12)N1CCc2ccccc2C1. The summed E-state index contributed by atoms with van der Waals surface area (Å²) < 4.78 is 1.31. The highest BCUT2D eigenvalue weighted by atomic mass is 32.1. The van der Waals surface area contributed by atoms with Gasteiger partial charge in [-0.3, -0.25) is 0 Å². The van der Waals surface area contributed by atoms with Crippen molar-refractivity contribution in [2.24, 2.45) is 0 Å². The van der Waals surface area contributed by atoms with Crippen molar-refractivity contribution >= 4 is 27.5 Å². The van der Waals surface area contributed by atoms with Gasteiger partial charge in [0.1, 0.15) is 0 Å². The molecule has 0 radical (unpaired) electrons. The van der Waals surface area contributed by atoms with Gasteiger partial charge in [-0.1, -0.05) is 42.5 Å². The molecule has 2 heterocycles. The van der Waals surface area contributed by atoms with Crippen LogP contribution in [0.2, 0.25) is 0 Å². The monoisotopic (exact) mass is 336 g/mol. The van der Waals surface area contributed by atoms with Crippen LogP contribution in [0.25, 0.3) is 10.1 Å². The van der Waals surface area contributed by atoms with Crippen LogP contribution in [0.1, 0.15) is 16.7 Å². The standard InChI is InChI=1S/C20H20N2OS/c23-20(22-12-10-15-5-1-2-6-16(15)13-22)21-11-9-17-14-24-19-8-4-3-7-18(17)19/h1-8,14H,9-13H2,(H,21,23). The summed E-state index contributed by atoms with van der Waals surface area (Å²) in [7, 11) is 0. The zero-order valence-electron chi connectivity index (χ0n) is 13.5. The second-order valence-electron chi connectivity index (χ2n) is 6.18. The molecule has 4 heteroatoms. The van der Waals surface area contributed by atoms with Crippen LogP contribution < -0.4 is 5.32 Å². The van der Waals surface area contributed by atoms with Gasteiger partial charge in [-0.25, -0.2) is 4.79 Å². The van der Waals surface area contributed by atoms with Gasteiger partial charge in [-0.2, -0.15) is 0 Å². The number of hydrogen-bond acceptors (Lipinski definition) is 2. The summed E-state index contributed by atoms with van der Waals surface area (Å²) in [6.07, 6.45) is 1.82. The Balaban J connectivity index is 1.34. The zero-order chi connectivity index (χ0) is 16.4. The van der Waals surface area contributed by atoms with Gasteiger partial charge in [0.15, 0.2) is 0 Å². The number of fused-ring (bicyclic) bond motifs is 2. The van der Waals surface area contributed by atoms with Crippen molar-refractivity contribution in [3.8, 4) is 0 Å². The fraction of sp³-hybridized carbons (Fsp3) is 0.250. The van der Waals surface area contributed by atoms with Crippen LogP contribution in [0.4, 0.5) is 4.79 Å². The lowest BCUT2D eigenvalue weighted by Crippen LogP contribution is -2.43. The van der Waals surface area contributed by atoms with E-state index in [2.05, 4.69) is 53.2 Å². The molecule has 1 aliphatic heterocycles. The third-order valence-corrected chi connectivity index (χ3v) is 5.66. The highest BCUT2D eigenvalue weighted by Gasteiger charge is 2.19. The number of nitrogens with one attached hydrogen (secondary N) is 1. The van der Waals surface area contributed by atoms with Crippen LogP contribution in [0.15, 0.2) is 53.9 Å². The fourth-order valence-electron chi connectivity index (χ4n) is 3.31. The van der Waals surface area contributed by atoms with Gasteiger partial charge in [-0.05, 0) is 46.4 Å². The Hall–Kier alpha value is -2.33. The Morgan fingerprint density at radius 2 is 1.88 bits per heavy atom. The van der Waals surface area contributed by atoms with Crippen molar-refractivity contribution in [3.63, 3.8) is 0 Å². The Kier molecular flexibility index (Phi) is 4.22. The molecule has 0 aliphatic carbocycles. The maximum atomic E-state index is 12.4. The molecule has 0 bridgehead atoms. The molecule has 0 saturated heterocycles. The molecule has 1 aliphatic rings. The molecule has 2 aromatic carbocycles. The maximum absolute atomic E-state index is 12.4. The van der Waals surface area contributed by atoms with Crippen molar-refractivity contribution in [1.29, 1.82) is 0 Å². The molecule has 24 heavy (non-hydrogen) atoms. The largest absolute Gasteiger partial charge is 0.338 e. The van der Waals surface area contributed by atoms with Crippen molar-refractivity contribution in [1.82, 2.24) is 10.2 Å². The number of nitrogens with zero attached hydrogens (tertiary/aromatic N) is 1. The van der Waals surface area contributed by atoms with Crippen LogP contribution in [0, 0.1) is 0 Å². The van der Waals surface area contributed by atoms with Crippen LogP contribution >= 0.6 is 11.3 Å². The number of carbonyl (C=O) groups is 1. The van der Waals surface area contributed by atoms with Crippen molar-refractivity contribution < 1.29 is 4.79 Å². The Morgan fingerprint density at radius 3 is 2.79 bits per heavy atom. The molecule has 3 aromatic rings. The van der Waals surface area contributed by atoms with E-state index in [1.54, 1.807) is 11.3 Å². The first-order valence-corrected chi connectivity index (χ1v) is 9.24. The molecule has 0 saturated carbocycles. The lowest BCUT2D eigenvalue weighted by molar-refractivity contribution is 0.192. The minimum atomic E-state index is 0.0454. The van der Waals surface area contributed by atoms with Crippen LogP contribution in [0.3, 0.4) is 0 Å². The number of carbonyl (C=O) groups excluding carboxylic acids is 1. The average molecular weight is 336 g/mol. The number of amides is 2. The summed E-state index contributed by atoms with van der Waals surface area (Å²) in [5, 5.41) is 6.59. The number of urea groups is 1. The Bertz CT molecular complexity index is 871. The van der Waals surface area contributed by atoms with E-state index in [1.807, 2.05) is 11.0 Å². The third-order valence-electron chi connectivity index (χ3n) is 4.65.